The van der Waals surface area contributed by atoms with Crippen LogP contribution in [0, 0.1) is 0 Å². The average Bonchev–Trinajstić information content (AvgIpc) is 3.30. The number of halogens is 3. The molecule has 0 radical (unpaired) electrons. The van der Waals surface area contributed by atoms with Crippen LogP contribution in [0.5, 0.6) is 0 Å². The van der Waals surface area contributed by atoms with E-state index in [4.69, 9.17) is 11.6 Å². The van der Waals surface area contributed by atoms with Crippen LogP contribution in [0.2, 0.25) is 5.02 Å². The topological polar surface area (TPSA) is 86.8 Å². The van der Waals surface area contributed by atoms with Gasteiger partial charge in [-0.25, -0.2) is 23.7 Å². The average molecular weight is 425 g/mol. The van der Waals surface area contributed by atoms with Crippen LogP contribution in [-0.4, -0.2) is 50.9 Å². The molecule has 0 unspecified atom stereocenters. The van der Waals surface area contributed by atoms with Crippen molar-refractivity contribution in [1.29, 1.82) is 0 Å². The summed E-state index contributed by atoms with van der Waals surface area (Å²) in [5.74, 6) is 0.588. The number of fused-ring (bicyclic) bond motifs is 1. The highest BCUT2D eigenvalue weighted by atomic mass is 35.5. The molecule has 0 aliphatic carbocycles. The van der Waals surface area contributed by atoms with Gasteiger partial charge in [0.2, 0.25) is 5.91 Å². The van der Waals surface area contributed by atoms with Gasteiger partial charge in [0.05, 0.1) is 11.6 Å². The van der Waals surface area contributed by atoms with E-state index in [-0.39, 0.29) is 2.85 Å². The summed E-state index contributed by atoms with van der Waals surface area (Å²) in [5, 5.41) is 3.62. The molecule has 1 fully saturated rings. The maximum absolute atomic E-state index is 12.6. The Morgan fingerprint density at radius 3 is 3.10 bits per heavy atom. The minimum Gasteiger partial charge on any atom is -0.348 e. The number of aromatic amines is 1. The van der Waals surface area contributed by atoms with Gasteiger partial charge in [-0.1, -0.05) is 11.6 Å². The zero-order valence-corrected chi connectivity index (χ0v) is 16.4. The van der Waals surface area contributed by atoms with E-state index < -0.39 is 24.4 Å². The number of H-pyrrole nitrogens is 1. The van der Waals surface area contributed by atoms with Gasteiger partial charge in [0.15, 0.2) is 5.82 Å². The fourth-order valence-corrected chi connectivity index (χ4v) is 3.88. The molecule has 156 valence electrons. The molecule has 1 aliphatic heterocycles. The second-order valence-electron chi connectivity index (χ2n) is 7.12. The number of pyridine rings is 1. The van der Waals surface area contributed by atoms with Gasteiger partial charge >= 0.3 is 0 Å². The van der Waals surface area contributed by atoms with E-state index >= 15 is 0 Å². The molecule has 0 bridgehead atoms. The first-order valence-corrected chi connectivity index (χ1v) is 9.56. The van der Waals surface area contributed by atoms with Crippen molar-refractivity contribution in [3.05, 3.63) is 35.7 Å². The summed E-state index contributed by atoms with van der Waals surface area (Å²) in [5.41, 5.74) is 0.446. The van der Waals surface area contributed by atoms with E-state index in [1.807, 2.05) is 4.90 Å². The molecular formula is C19H23ClF2N6O. The van der Waals surface area contributed by atoms with Gasteiger partial charge in [-0.2, -0.15) is 0 Å². The van der Waals surface area contributed by atoms with Crippen LogP contribution in [0.1, 0.15) is 22.6 Å². The molecule has 0 saturated carbocycles. The smallest absolute Gasteiger partial charge is 0.255 e. The molecule has 2 N–H and O–H groups in total. The van der Waals surface area contributed by atoms with Crippen molar-refractivity contribution in [2.24, 2.45) is 0 Å². The Kier molecular flexibility index (Phi) is 5.08. The summed E-state index contributed by atoms with van der Waals surface area (Å²) in [6, 6.07) is 3.50. The zero-order chi connectivity index (χ0) is 20.6. The number of hydrogen-bond acceptors (Lipinski definition) is 5. The molecule has 7 nitrogen and oxygen atoms in total. The van der Waals surface area contributed by atoms with Crippen LogP contribution in [0.25, 0.3) is 22.4 Å². The van der Waals surface area contributed by atoms with Crippen molar-refractivity contribution in [2.45, 2.75) is 31.7 Å². The Hall–Kier alpha value is -2.81. The second kappa shape index (κ2) is 7.55. The molecule has 1 amide bonds. The first kappa shape index (κ1) is 19.5. The van der Waals surface area contributed by atoms with E-state index in [0.717, 1.165) is 17.4 Å². The van der Waals surface area contributed by atoms with Crippen molar-refractivity contribution >= 4 is 34.4 Å². The second-order valence-corrected chi connectivity index (χ2v) is 7.56. The van der Waals surface area contributed by atoms with Gasteiger partial charge in [-0.3, -0.25) is 4.79 Å². The Morgan fingerprint density at radius 2 is 2.31 bits per heavy atom. The highest BCUT2D eigenvalue weighted by molar-refractivity contribution is 6.31. The highest BCUT2D eigenvalue weighted by Gasteiger charge is 2.44. The standard InChI is InChI=1S/C19H19ClF2N6O.2H2/c1-19(18(29)26-10-14(21)22)4-2-6-28(19)15-3-5-23-17(27-15)13-9-25-16-12(13)7-11(20)8-24-16;;/h3,5,7-9,14H,2,4,6,10H2,1H3,(H,24,25)(H,26,29);2*1H/t19-;;/m1../s1. The number of anilines is 1. The number of carbonyl (C=O) groups excluding carboxylic acids is 1. The SMILES string of the molecule is C[C@]1(C(=O)NCC(F)F)CCCN1c1ccnc(-c2c[nH]c3ncc(Cl)cc23)n1.[HH].[HH]. The fourth-order valence-electron chi connectivity index (χ4n) is 3.72. The van der Waals surface area contributed by atoms with Crippen molar-refractivity contribution < 1.29 is 16.4 Å². The highest BCUT2D eigenvalue weighted by Crippen LogP contribution is 2.35. The molecule has 1 aliphatic rings. The predicted octanol–water partition coefficient (Wildman–Crippen LogP) is 3.91. The third-order valence-electron chi connectivity index (χ3n) is 5.20. The maximum atomic E-state index is 12.6. The van der Waals surface area contributed by atoms with Crippen LogP contribution in [-0.2, 0) is 4.79 Å². The zero-order valence-electron chi connectivity index (χ0n) is 15.6. The van der Waals surface area contributed by atoms with E-state index in [0.29, 0.717) is 35.3 Å². The van der Waals surface area contributed by atoms with Crippen molar-refractivity contribution in [2.75, 3.05) is 18.0 Å². The van der Waals surface area contributed by atoms with Gasteiger partial charge in [0.1, 0.15) is 17.0 Å². The van der Waals surface area contributed by atoms with E-state index in [2.05, 4.69) is 25.3 Å². The Balaban J connectivity index is 0.00000171. The van der Waals surface area contributed by atoms with Crippen LogP contribution in [0.3, 0.4) is 0 Å². The Bertz CT molecular complexity index is 1070. The van der Waals surface area contributed by atoms with Crippen LogP contribution < -0.4 is 10.2 Å². The van der Waals surface area contributed by atoms with E-state index in [9.17, 15) is 13.6 Å². The molecule has 4 rings (SSSR count). The summed E-state index contributed by atoms with van der Waals surface area (Å²) in [4.78, 5) is 30.8. The summed E-state index contributed by atoms with van der Waals surface area (Å²) >= 11 is 6.07. The number of rotatable bonds is 5. The van der Waals surface area contributed by atoms with Gasteiger partial charge in [-0.15, -0.1) is 0 Å². The lowest BCUT2D eigenvalue weighted by Crippen LogP contribution is -2.54. The molecular weight excluding hydrogens is 402 g/mol. The third kappa shape index (κ3) is 3.62. The number of aromatic nitrogens is 4. The summed E-state index contributed by atoms with van der Waals surface area (Å²) in [7, 11) is 0. The lowest BCUT2D eigenvalue weighted by atomic mass is 9.97. The summed E-state index contributed by atoms with van der Waals surface area (Å²) in [6.07, 6.45) is 3.63. The van der Waals surface area contributed by atoms with Crippen molar-refractivity contribution in [3.63, 3.8) is 0 Å². The van der Waals surface area contributed by atoms with Crippen LogP contribution >= 0.6 is 11.6 Å². The quantitative estimate of drug-likeness (QED) is 0.648. The normalized spacial score (nSPS) is 19.3. The van der Waals surface area contributed by atoms with E-state index in [1.54, 1.807) is 37.6 Å². The summed E-state index contributed by atoms with van der Waals surface area (Å²) < 4.78 is 25.1. The molecule has 3 aromatic heterocycles. The van der Waals surface area contributed by atoms with Crippen LogP contribution in [0.4, 0.5) is 14.6 Å². The minimum atomic E-state index is -2.59. The molecule has 0 aromatic carbocycles. The monoisotopic (exact) mass is 424 g/mol. The Morgan fingerprint density at radius 1 is 1.48 bits per heavy atom. The maximum Gasteiger partial charge on any atom is 0.255 e. The van der Waals surface area contributed by atoms with Gasteiger partial charge in [0, 0.05) is 38.9 Å². The largest absolute Gasteiger partial charge is 0.348 e. The van der Waals surface area contributed by atoms with Gasteiger partial charge < -0.3 is 15.2 Å². The number of nitrogens with one attached hydrogen (secondary N) is 2. The molecule has 0 spiro atoms. The van der Waals surface area contributed by atoms with Crippen LogP contribution in [0.15, 0.2) is 30.7 Å². The molecule has 1 saturated heterocycles. The summed E-state index contributed by atoms with van der Waals surface area (Å²) in [6.45, 7) is 1.68. The molecule has 3 aromatic rings. The van der Waals surface area contributed by atoms with E-state index in [1.165, 1.54) is 0 Å². The Labute approximate surface area is 173 Å². The first-order valence-electron chi connectivity index (χ1n) is 9.18. The minimum absolute atomic E-state index is 0. The number of amides is 1. The number of hydrogen-bond donors (Lipinski definition) is 2. The first-order chi connectivity index (χ1) is 13.9. The number of nitrogens with zero attached hydrogens (tertiary/aromatic N) is 4. The third-order valence-corrected chi connectivity index (χ3v) is 5.41. The lowest BCUT2D eigenvalue weighted by molar-refractivity contribution is -0.126. The lowest BCUT2D eigenvalue weighted by Gasteiger charge is -2.34. The fraction of sp³-hybridized carbons (Fsp3) is 0.368. The number of carbonyl (C=O) groups is 1. The molecule has 1 atom stereocenters. The number of alkyl halides is 2. The van der Waals surface area contributed by atoms with Crippen molar-refractivity contribution in [1.82, 2.24) is 25.3 Å². The molecule has 10 heteroatoms. The van der Waals surface area contributed by atoms with Gasteiger partial charge in [0.25, 0.3) is 6.43 Å². The van der Waals surface area contributed by atoms with Gasteiger partial charge in [-0.05, 0) is 31.9 Å². The molecule has 4 heterocycles. The van der Waals surface area contributed by atoms with Crippen molar-refractivity contribution in [3.8, 4) is 11.4 Å². The molecule has 29 heavy (non-hydrogen) atoms. The predicted molar refractivity (Wildman–Crippen MR) is 110 cm³/mol.